The first-order valence-electron chi connectivity index (χ1n) is 5.14. The Morgan fingerprint density at radius 1 is 1.60 bits per heavy atom. The number of hydrogen-bond donors (Lipinski definition) is 1. The number of aromatic nitrogens is 2. The number of rotatable bonds is 5. The van der Waals surface area contributed by atoms with Crippen LogP contribution in [0.25, 0.3) is 0 Å². The molecule has 1 aromatic heterocycles. The number of nitrogens with zero attached hydrogens (tertiary/aromatic N) is 2. The van der Waals surface area contributed by atoms with Gasteiger partial charge in [0.25, 0.3) is 0 Å². The maximum atomic E-state index is 13.4. The van der Waals surface area contributed by atoms with E-state index in [-0.39, 0.29) is 0 Å². The van der Waals surface area contributed by atoms with Crippen LogP contribution in [0.4, 0.5) is 4.39 Å². The summed E-state index contributed by atoms with van der Waals surface area (Å²) >= 11 is 3.46. The van der Waals surface area contributed by atoms with E-state index < -0.39 is 6.17 Å². The van der Waals surface area contributed by atoms with Gasteiger partial charge >= 0.3 is 0 Å². The Hall–Kier alpha value is -0.420. The normalized spacial score (nSPS) is 13.1. The fourth-order valence-corrected chi connectivity index (χ4v) is 2.31. The SMILES string of the molecule is CCc1nn(C)c(CC(F)CCN)c1Br. The van der Waals surface area contributed by atoms with Crippen LogP contribution in [0.15, 0.2) is 4.47 Å². The minimum Gasteiger partial charge on any atom is -0.330 e. The predicted molar refractivity (Wildman–Crippen MR) is 62.6 cm³/mol. The van der Waals surface area contributed by atoms with E-state index in [2.05, 4.69) is 21.0 Å². The van der Waals surface area contributed by atoms with Gasteiger partial charge in [0.15, 0.2) is 0 Å². The standard InChI is InChI=1S/C10H17BrFN3/c1-3-8-10(11)9(15(2)14-8)6-7(12)4-5-13/h7H,3-6,13H2,1-2H3. The van der Waals surface area contributed by atoms with Crippen molar-refractivity contribution in [3.8, 4) is 0 Å². The molecular weight excluding hydrogens is 261 g/mol. The van der Waals surface area contributed by atoms with Gasteiger partial charge in [0, 0.05) is 13.5 Å². The molecule has 0 aliphatic heterocycles. The van der Waals surface area contributed by atoms with Crippen LogP contribution in [0, 0.1) is 0 Å². The third-order valence-electron chi connectivity index (χ3n) is 2.40. The Labute approximate surface area is 98.0 Å². The van der Waals surface area contributed by atoms with Crippen LogP contribution in [-0.4, -0.2) is 22.5 Å². The number of alkyl halides is 1. The molecule has 1 heterocycles. The smallest absolute Gasteiger partial charge is 0.107 e. The van der Waals surface area contributed by atoms with Gasteiger partial charge in [-0.05, 0) is 35.3 Å². The van der Waals surface area contributed by atoms with E-state index in [9.17, 15) is 4.39 Å². The number of aryl methyl sites for hydroxylation is 2. The molecule has 0 spiro atoms. The van der Waals surface area contributed by atoms with Crippen molar-refractivity contribution in [1.82, 2.24) is 9.78 Å². The molecule has 0 amide bonds. The average molecular weight is 278 g/mol. The van der Waals surface area contributed by atoms with Gasteiger partial charge in [-0.1, -0.05) is 6.92 Å². The molecule has 0 aliphatic carbocycles. The molecule has 86 valence electrons. The quantitative estimate of drug-likeness (QED) is 0.895. The maximum absolute atomic E-state index is 13.4. The summed E-state index contributed by atoms with van der Waals surface area (Å²) in [4.78, 5) is 0. The molecule has 1 atom stereocenters. The monoisotopic (exact) mass is 277 g/mol. The largest absolute Gasteiger partial charge is 0.330 e. The van der Waals surface area contributed by atoms with E-state index in [4.69, 9.17) is 5.73 Å². The number of halogens is 2. The van der Waals surface area contributed by atoms with E-state index >= 15 is 0 Å². The van der Waals surface area contributed by atoms with Gasteiger partial charge in [-0.2, -0.15) is 5.10 Å². The van der Waals surface area contributed by atoms with Crippen molar-refractivity contribution in [2.24, 2.45) is 12.8 Å². The fraction of sp³-hybridized carbons (Fsp3) is 0.700. The molecule has 15 heavy (non-hydrogen) atoms. The zero-order valence-electron chi connectivity index (χ0n) is 9.13. The van der Waals surface area contributed by atoms with Crippen molar-refractivity contribution in [1.29, 1.82) is 0 Å². The molecule has 3 nitrogen and oxygen atoms in total. The second-order valence-corrected chi connectivity index (χ2v) is 4.36. The lowest BCUT2D eigenvalue weighted by Gasteiger charge is -2.07. The van der Waals surface area contributed by atoms with Gasteiger partial charge in [-0.15, -0.1) is 0 Å². The van der Waals surface area contributed by atoms with E-state index in [1.807, 2.05) is 14.0 Å². The minimum atomic E-state index is -0.883. The van der Waals surface area contributed by atoms with Crippen LogP contribution < -0.4 is 5.73 Å². The number of hydrogen-bond acceptors (Lipinski definition) is 2. The highest BCUT2D eigenvalue weighted by atomic mass is 79.9. The summed E-state index contributed by atoms with van der Waals surface area (Å²) in [5.74, 6) is 0. The molecule has 0 saturated carbocycles. The topological polar surface area (TPSA) is 43.8 Å². The third kappa shape index (κ3) is 3.01. The van der Waals surface area contributed by atoms with Gasteiger partial charge in [-0.3, -0.25) is 4.68 Å². The van der Waals surface area contributed by atoms with Gasteiger partial charge in [0.2, 0.25) is 0 Å². The van der Waals surface area contributed by atoms with Crippen molar-refractivity contribution in [3.05, 3.63) is 15.9 Å². The summed E-state index contributed by atoms with van der Waals surface area (Å²) in [6.07, 6.45) is 0.745. The van der Waals surface area contributed by atoms with Crippen molar-refractivity contribution < 1.29 is 4.39 Å². The minimum absolute atomic E-state index is 0.376. The second kappa shape index (κ2) is 5.61. The molecule has 0 saturated heterocycles. The van der Waals surface area contributed by atoms with Gasteiger partial charge < -0.3 is 5.73 Å². The van der Waals surface area contributed by atoms with Crippen molar-refractivity contribution in [2.45, 2.75) is 32.4 Å². The summed E-state index contributed by atoms with van der Waals surface area (Å²) in [5.41, 5.74) is 7.21. The molecule has 0 aromatic carbocycles. The van der Waals surface area contributed by atoms with Crippen LogP contribution in [0.5, 0.6) is 0 Å². The Balaban J connectivity index is 2.80. The van der Waals surface area contributed by atoms with Crippen LogP contribution in [-0.2, 0) is 19.9 Å². The molecule has 1 unspecified atom stereocenters. The van der Waals surface area contributed by atoms with Gasteiger partial charge in [0.1, 0.15) is 6.17 Å². The lowest BCUT2D eigenvalue weighted by molar-refractivity contribution is 0.311. The highest BCUT2D eigenvalue weighted by Crippen LogP contribution is 2.23. The molecule has 0 fully saturated rings. The van der Waals surface area contributed by atoms with Gasteiger partial charge in [0.05, 0.1) is 15.9 Å². The van der Waals surface area contributed by atoms with E-state index in [0.717, 1.165) is 22.3 Å². The highest BCUT2D eigenvalue weighted by molar-refractivity contribution is 9.10. The first kappa shape index (κ1) is 12.6. The zero-order valence-corrected chi connectivity index (χ0v) is 10.7. The Morgan fingerprint density at radius 2 is 2.27 bits per heavy atom. The summed E-state index contributed by atoms with van der Waals surface area (Å²) in [6.45, 7) is 2.42. The molecule has 1 aromatic rings. The summed E-state index contributed by atoms with van der Waals surface area (Å²) in [7, 11) is 1.84. The van der Waals surface area contributed by atoms with Crippen LogP contribution in [0.1, 0.15) is 24.7 Å². The first-order chi connectivity index (χ1) is 7.10. The van der Waals surface area contributed by atoms with E-state index in [0.29, 0.717) is 19.4 Å². The Bertz CT molecular complexity index is 325. The predicted octanol–water partition coefficient (Wildman–Crippen LogP) is 1.97. The maximum Gasteiger partial charge on any atom is 0.107 e. The van der Waals surface area contributed by atoms with Gasteiger partial charge in [-0.25, -0.2) is 4.39 Å². The summed E-state index contributed by atoms with van der Waals surface area (Å²) in [6, 6.07) is 0. The second-order valence-electron chi connectivity index (χ2n) is 3.56. The lowest BCUT2D eigenvalue weighted by atomic mass is 10.1. The molecule has 5 heteroatoms. The van der Waals surface area contributed by atoms with E-state index in [1.165, 1.54) is 0 Å². The summed E-state index contributed by atoms with van der Waals surface area (Å²) in [5, 5.41) is 4.31. The molecular formula is C10H17BrFN3. The van der Waals surface area contributed by atoms with Crippen molar-refractivity contribution in [2.75, 3.05) is 6.54 Å². The highest BCUT2D eigenvalue weighted by Gasteiger charge is 2.16. The number of nitrogens with two attached hydrogens (primary N) is 1. The third-order valence-corrected chi connectivity index (χ3v) is 3.31. The van der Waals surface area contributed by atoms with E-state index in [1.54, 1.807) is 4.68 Å². The zero-order chi connectivity index (χ0) is 11.4. The first-order valence-corrected chi connectivity index (χ1v) is 5.93. The average Bonchev–Trinajstić information content (AvgIpc) is 2.45. The Kier molecular flexibility index (Phi) is 4.73. The molecule has 0 radical (unpaired) electrons. The van der Waals surface area contributed by atoms with Crippen molar-refractivity contribution in [3.63, 3.8) is 0 Å². The lowest BCUT2D eigenvalue weighted by Crippen LogP contribution is -2.14. The molecule has 1 rings (SSSR count). The molecule has 2 N–H and O–H groups in total. The Morgan fingerprint density at radius 3 is 2.73 bits per heavy atom. The van der Waals surface area contributed by atoms with Crippen molar-refractivity contribution >= 4 is 15.9 Å². The molecule has 0 aliphatic rings. The molecule has 0 bridgehead atoms. The van der Waals surface area contributed by atoms with Crippen LogP contribution in [0.3, 0.4) is 0 Å². The van der Waals surface area contributed by atoms with Crippen LogP contribution in [0.2, 0.25) is 0 Å². The van der Waals surface area contributed by atoms with Crippen LogP contribution >= 0.6 is 15.9 Å². The fourth-order valence-electron chi connectivity index (χ4n) is 1.53. The summed E-state index contributed by atoms with van der Waals surface area (Å²) < 4.78 is 16.1.